The quantitative estimate of drug-likeness (QED) is 0.616. The minimum absolute atomic E-state index is 0.208. The molecule has 1 aliphatic heterocycles. The van der Waals surface area contributed by atoms with Gasteiger partial charge in [-0.05, 0) is 19.8 Å². The van der Waals surface area contributed by atoms with Crippen LogP contribution in [0.5, 0.6) is 0 Å². The predicted molar refractivity (Wildman–Crippen MR) is 84.0 cm³/mol. The van der Waals surface area contributed by atoms with Crippen molar-refractivity contribution in [3.63, 3.8) is 0 Å². The summed E-state index contributed by atoms with van der Waals surface area (Å²) in [6.07, 6.45) is 0.299. The molecule has 2 fully saturated rings. The summed E-state index contributed by atoms with van der Waals surface area (Å²) in [6.45, 7) is 1.96. The predicted octanol–water partition coefficient (Wildman–Crippen LogP) is -0.629. The van der Waals surface area contributed by atoms with Gasteiger partial charge >= 0.3 is 5.97 Å². The Morgan fingerprint density at radius 3 is 3.08 bits per heavy atom. The molecule has 1 saturated heterocycles. The van der Waals surface area contributed by atoms with E-state index in [9.17, 15) is 15.0 Å². The first kappa shape index (κ1) is 16.2. The Morgan fingerprint density at radius 1 is 1.52 bits per heavy atom. The molecule has 10 nitrogen and oxygen atoms in total. The summed E-state index contributed by atoms with van der Waals surface area (Å²) < 4.78 is 12.4. The van der Waals surface area contributed by atoms with Crippen LogP contribution in [0.2, 0.25) is 0 Å². The zero-order chi connectivity index (χ0) is 17.8. The van der Waals surface area contributed by atoms with Crippen LogP contribution in [0.25, 0.3) is 11.2 Å². The molecule has 4 rings (SSSR count). The van der Waals surface area contributed by atoms with Crippen LogP contribution in [0, 0.1) is 5.92 Å². The molecule has 3 heterocycles. The topological polar surface area (TPSA) is 146 Å². The maximum Gasteiger partial charge on any atom is 0.311 e. The van der Waals surface area contributed by atoms with Gasteiger partial charge in [0.05, 0.1) is 18.9 Å². The van der Waals surface area contributed by atoms with Crippen molar-refractivity contribution in [2.45, 2.75) is 43.8 Å². The second-order valence-electron chi connectivity index (χ2n) is 6.36. The van der Waals surface area contributed by atoms with E-state index in [2.05, 4.69) is 15.0 Å². The molecule has 0 amide bonds. The van der Waals surface area contributed by atoms with E-state index in [0.29, 0.717) is 17.6 Å². The van der Waals surface area contributed by atoms with Crippen LogP contribution in [0.4, 0.5) is 5.82 Å². The lowest BCUT2D eigenvalue weighted by atomic mass is 9.92. The lowest BCUT2D eigenvalue weighted by Crippen LogP contribution is -2.46. The average molecular weight is 349 g/mol. The second-order valence-corrected chi connectivity index (χ2v) is 6.36. The van der Waals surface area contributed by atoms with E-state index in [0.717, 1.165) is 0 Å². The number of hydrogen-bond donors (Lipinski definition) is 3. The van der Waals surface area contributed by atoms with E-state index in [-0.39, 0.29) is 18.8 Å². The van der Waals surface area contributed by atoms with Crippen molar-refractivity contribution in [2.75, 3.05) is 12.3 Å². The number of ether oxygens (including phenoxy) is 2. The number of carbonyl (C=O) groups is 1. The molecule has 4 unspecified atom stereocenters. The van der Waals surface area contributed by atoms with Gasteiger partial charge in [-0.3, -0.25) is 9.36 Å². The third kappa shape index (κ3) is 2.21. The molecule has 10 heteroatoms. The first-order valence-electron chi connectivity index (χ1n) is 8.13. The van der Waals surface area contributed by atoms with Crippen LogP contribution in [0.3, 0.4) is 0 Å². The van der Waals surface area contributed by atoms with Gasteiger partial charge in [-0.15, -0.1) is 0 Å². The van der Waals surface area contributed by atoms with E-state index in [4.69, 9.17) is 15.2 Å². The monoisotopic (exact) mass is 349 g/mol. The maximum atomic E-state index is 12.1. The summed E-state index contributed by atoms with van der Waals surface area (Å²) >= 11 is 0. The zero-order valence-corrected chi connectivity index (χ0v) is 13.6. The molecule has 4 N–H and O–H groups in total. The number of aliphatic hydroxyl groups excluding tert-OH is 1. The summed E-state index contributed by atoms with van der Waals surface area (Å²) in [4.78, 5) is 24.3. The molecule has 134 valence electrons. The van der Waals surface area contributed by atoms with Gasteiger partial charge in [0, 0.05) is 0 Å². The van der Waals surface area contributed by atoms with E-state index in [1.165, 1.54) is 17.2 Å². The van der Waals surface area contributed by atoms with Crippen LogP contribution in [-0.2, 0) is 14.3 Å². The van der Waals surface area contributed by atoms with Gasteiger partial charge in [0.25, 0.3) is 0 Å². The second kappa shape index (κ2) is 5.61. The van der Waals surface area contributed by atoms with Gasteiger partial charge in [-0.1, -0.05) is 0 Å². The first-order valence-corrected chi connectivity index (χ1v) is 8.13. The lowest BCUT2D eigenvalue weighted by Gasteiger charge is -2.25. The third-order valence-electron chi connectivity index (χ3n) is 5.03. The molecule has 0 aromatic carbocycles. The Labute approximate surface area is 142 Å². The van der Waals surface area contributed by atoms with Crippen molar-refractivity contribution < 1.29 is 24.5 Å². The van der Waals surface area contributed by atoms with Crippen molar-refractivity contribution in [1.29, 1.82) is 0 Å². The summed E-state index contributed by atoms with van der Waals surface area (Å²) in [6, 6.07) is 0. The van der Waals surface area contributed by atoms with Crippen LogP contribution in [-0.4, -0.2) is 60.1 Å². The highest BCUT2D eigenvalue weighted by atomic mass is 16.6. The van der Waals surface area contributed by atoms with E-state index < -0.39 is 35.9 Å². The summed E-state index contributed by atoms with van der Waals surface area (Å²) in [5, 5.41) is 21.6. The van der Waals surface area contributed by atoms with Gasteiger partial charge in [0.15, 0.2) is 17.7 Å². The molecule has 25 heavy (non-hydrogen) atoms. The SMILES string of the molecule is CCOC(=O)[C@H]1CCC2(O)C(O)C(n3cnc4c(N)ncnc43)OC12. The molecular formula is C15H19N5O5. The van der Waals surface area contributed by atoms with Gasteiger partial charge in [-0.25, -0.2) is 15.0 Å². The van der Waals surface area contributed by atoms with Crippen LogP contribution in [0.15, 0.2) is 12.7 Å². The van der Waals surface area contributed by atoms with Crippen molar-refractivity contribution in [2.24, 2.45) is 5.92 Å². The molecule has 0 bridgehead atoms. The Balaban J connectivity index is 1.69. The standard InChI is InChI=1S/C15H19N5O5/c1-2-24-14(22)7-3-4-15(23)9(21)13(25-10(7)15)20-6-19-8-11(16)17-5-18-12(8)20/h5-7,9-10,13,21,23H,2-4H2,1H3,(H2,16,17,18)/t7-,9?,10?,13?,15?/m0/s1. The van der Waals surface area contributed by atoms with E-state index >= 15 is 0 Å². The van der Waals surface area contributed by atoms with Crippen molar-refractivity contribution >= 4 is 23.0 Å². The normalized spacial score (nSPS) is 34.4. The highest BCUT2D eigenvalue weighted by molar-refractivity contribution is 5.81. The molecule has 2 aromatic heterocycles. The molecule has 2 aromatic rings. The zero-order valence-electron chi connectivity index (χ0n) is 13.6. The van der Waals surface area contributed by atoms with Crippen LogP contribution in [0.1, 0.15) is 26.0 Å². The van der Waals surface area contributed by atoms with Gasteiger partial charge < -0.3 is 25.4 Å². The number of rotatable bonds is 3. The average Bonchev–Trinajstić information content (AvgIpc) is 3.21. The Morgan fingerprint density at radius 2 is 2.32 bits per heavy atom. The molecule has 0 radical (unpaired) electrons. The minimum Gasteiger partial charge on any atom is -0.466 e. The number of aliphatic hydroxyl groups is 2. The number of carbonyl (C=O) groups excluding carboxylic acids is 1. The largest absolute Gasteiger partial charge is 0.466 e. The number of fused-ring (bicyclic) bond motifs is 2. The fourth-order valence-corrected chi connectivity index (χ4v) is 3.79. The Hall–Kier alpha value is -2.30. The number of esters is 1. The summed E-state index contributed by atoms with van der Waals surface area (Å²) in [7, 11) is 0. The van der Waals surface area contributed by atoms with Crippen molar-refractivity contribution in [3.8, 4) is 0 Å². The van der Waals surface area contributed by atoms with Gasteiger partial charge in [0.1, 0.15) is 29.7 Å². The maximum absolute atomic E-state index is 12.1. The smallest absolute Gasteiger partial charge is 0.311 e. The Kier molecular flexibility index (Phi) is 3.63. The number of anilines is 1. The van der Waals surface area contributed by atoms with Crippen molar-refractivity contribution in [1.82, 2.24) is 19.5 Å². The number of nitrogens with zero attached hydrogens (tertiary/aromatic N) is 4. The highest BCUT2D eigenvalue weighted by Crippen LogP contribution is 2.50. The lowest BCUT2D eigenvalue weighted by molar-refractivity contribution is -0.155. The number of hydrogen-bond acceptors (Lipinski definition) is 9. The van der Waals surface area contributed by atoms with Crippen LogP contribution < -0.4 is 5.73 Å². The van der Waals surface area contributed by atoms with Gasteiger partial charge in [0.2, 0.25) is 0 Å². The Bertz CT molecular complexity index is 826. The number of nitrogens with two attached hydrogens (primary N) is 1. The first-order chi connectivity index (χ1) is 12.0. The fourth-order valence-electron chi connectivity index (χ4n) is 3.79. The number of aromatic nitrogens is 4. The summed E-state index contributed by atoms with van der Waals surface area (Å²) in [5.41, 5.74) is 5.01. The third-order valence-corrected chi connectivity index (χ3v) is 5.03. The van der Waals surface area contributed by atoms with Gasteiger partial charge in [-0.2, -0.15) is 0 Å². The van der Waals surface area contributed by atoms with E-state index in [1.807, 2.05) is 0 Å². The fraction of sp³-hybridized carbons (Fsp3) is 0.600. The van der Waals surface area contributed by atoms with E-state index in [1.54, 1.807) is 6.92 Å². The molecule has 5 atom stereocenters. The highest BCUT2D eigenvalue weighted by Gasteiger charge is 2.63. The summed E-state index contributed by atoms with van der Waals surface area (Å²) in [5.74, 6) is -0.850. The molecular weight excluding hydrogens is 330 g/mol. The number of imidazole rings is 1. The molecule has 1 aliphatic carbocycles. The number of nitrogen functional groups attached to an aromatic ring is 1. The van der Waals surface area contributed by atoms with Crippen molar-refractivity contribution in [3.05, 3.63) is 12.7 Å². The van der Waals surface area contributed by atoms with Crippen LogP contribution >= 0.6 is 0 Å². The molecule has 2 aliphatic rings. The molecule has 0 spiro atoms. The molecule has 1 saturated carbocycles. The minimum atomic E-state index is -1.53.